The van der Waals surface area contributed by atoms with Gasteiger partial charge in [-0.25, -0.2) is 0 Å². The lowest BCUT2D eigenvalue weighted by Gasteiger charge is -2.00. The molecule has 0 aliphatic carbocycles. The van der Waals surface area contributed by atoms with Crippen molar-refractivity contribution in [3.8, 4) is 0 Å². The van der Waals surface area contributed by atoms with Gasteiger partial charge in [0.2, 0.25) is 0 Å². The highest BCUT2D eigenvalue weighted by Crippen LogP contribution is 1.79. The zero-order valence-corrected chi connectivity index (χ0v) is 6.04. The number of allylic oxidation sites excluding steroid dienone is 4. The van der Waals surface area contributed by atoms with Crippen LogP contribution in [0, 0.1) is 0 Å². The summed E-state index contributed by atoms with van der Waals surface area (Å²) in [6, 6.07) is 0. The third kappa shape index (κ3) is 7.02. The molecule has 0 N–H and O–H groups in total. The SMILES string of the molecule is C=C/C=C\C=C\N(C)C. The average molecular weight is 123 g/mol. The van der Waals surface area contributed by atoms with Gasteiger partial charge in [-0.2, -0.15) is 0 Å². The molecule has 0 fully saturated rings. The highest BCUT2D eigenvalue weighted by atomic mass is 15.0. The Morgan fingerprint density at radius 2 is 1.78 bits per heavy atom. The Hall–Kier alpha value is -0.980. The molecule has 0 aliphatic rings. The maximum atomic E-state index is 3.54. The standard InChI is InChI=1S/C8H13N/c1-4-5-6-7-8-9(2)3/h4-8H,1H2,2-3H3/b6-5-,8-7+. The van der Waals surface area contributed by atoms with E-state index in [1.165, 1.54) is 0 Å². The van der Waals surface area contributed by atoms with Crippen LogP contribution < -0.4 is 0 Å². The molecular weight excluding hydrogens is 110 g/mol. The van der Waals surface area contributed by atoms with Crippen molar-refractivity contribution in [2.75, 3.05) is 14.1 Å². The summed E-state index contributed by atoms with van der Waals surface area (Å²) in [6.45, 7) is 3.54. The second-order valence-electron chi connectivity index (χ2n) is 1.93. The third-order valence-electron chi connectivity index (χ3n) is 0.743. The van der Waals surface area contributed by atoms with E-state index in [4.69, 9.17) is 0 Å². The smallest absolute Gasteiger partial charge is 0.00556 e. The number of nitrogens with zero attached hydrogens (tertiary/aromatic N) is 1. The van der Waals surface area contributed by atoms with Gasteiger partial charge in [0.1, 0.15) is 0 Å². The Morgan fingerprint density at radius 3 is 2.22 bits per heavy atom. The lowest BCUT2D eigenvalue weighted by Crippen LogP contribution is -1.99. The van der Waals surface area contributed by atoms with Gasteiger partial charge in [0.15, 0.2) is 0 Å². The van der Waals surface area contributed by atoms with E-state index in [2.05, 4.69) is 6.58 Å². The average Bonchev–Trinajstić information content (AvgIpc) is 1.80. The molecule has 0 unspecified atom stereocenters. The summed E-state index contributed by atoms with van der Waals surface area (Å²) in [5.41, 5.74) is 0. The van der Waals surface area contributed by atoms with Crippen molar-refractivity contribution >= 4 is 0 Å². The number of rotatable bonds is 3. The summed E-state index contributed by atoms with van der Waals surface area (Å²) in [5, 5.41) is 0. The van der Waals surface area contributed by atoms with Crippen LogP contribution in [0.4, 0.5) is 0 Å². The Balaban J connectivity index is 3.46. The highest BCUT2D eigenvalue weighted by Gasteiger charge is 1.68. The Morgan fingerprint density at radius 1 is 1.11 bits per heavy atom. The largest absolute Gasteiger partial charge is 0.383 e. The zero-order chi connectivity index (χ0) is 7.11. The third-order valence-corrected chi connectivity index (χ3v) is 0.743. The first kappa shape index (κ1) is 8.02. The van der Waals surface area contributed by atoms with Crippen molar-refractivity contribution in [2.24, 2.45) is 0 Å². The van der Waals surface area contributed by atoms with Crippen LogP contribution in [0.3, 0.4) is 0 Å². The second kappa shape index (κ2) is 5.16. The van der Waals surface area contributed by atoms with Gasteiger partial charge >= 0.3 is 0 Å². The summed E-state index contributed by atoms with van der Waals surface area (Å²) in [4.78, 5) is 1.98. The summed E-state index contributed by atoms with van der Waals surface area (Å²) < 4.78 is 0. The monoisotopic (exact) mass is 123 g/mol. The minimum atomic E-state index is 1.75. The van der Waals surface area contributed by atoms with Gasteiger partial charge in [-0.1, -0.05) is 24.8 Å². The minimum Gasteiger partial charge on any atom is -0.383 e. The van der Waals surface area contributed by atoms with Crippen LogP contribution in [0.25, 0.3) is 0 Å². The van der Waals surface area contributed by atoms with Crippen LogP contribution in [0.2, 0.25) is 0 Å². The Bertz CT molecular complexity index is 121. The fraction of sp³-hybridized carbons (Fsp3) is 0.250. The molecule has 0 saturated heterocycles. The van der Waals surface area contributed by atoms with Crippen molar-refractivity contribution in [1.29, 1.82) is 0 Å². The molecule has 1 nitrogen and oxygen atoms in total. The van der Waals surface area contributed by atoms with E-state index in [1.54, 1.807) is 6.08 Å². The molecule has 0 atom stereocenters. The summed E-state index contributed by atoms with van der Waals surface area (Å²) >= 11 is 0. The van der Waals surface area contributed by atoms with Crippen molar-refractivity contribution in [3.05, 3.63) is 37.1 Å². The molecule has 0 saturated carbocycles. The van der Waals surface area contributed by atoms with Crippen molar-refractivity contribution in [3.63, 3.8) is 0 Å². The van der Waals surface area contributed by atoms with Gasteiger partial charge in [-0.05, 0) is 12.3 Å². The van der Waals surface area contributed by atoms with Crippen LogP contribution in [-0.4, -0.2) is 19.0 Å². The van der Waals surface area contributed by atoms with E-state index in [0.29, 0.717) is 0 Å². The van der Waals surface area contributed by atoms with E-state index >= 15 is 0 Å². The fourth-order valence-corrected chi connectivity index (χ4v) is 0.365. The van der Waals surface area contributed by atoms with Gasteiger partial charge < -0.3 is 4.90 Å². The van der Waals surface area contributed by atoms with Crippen LogP contribution in [0.5, 0.6) is 0 Å². The summed E-state index contributed by atoms with van der Waals surface area (Å²) in [5.74, 6) is 0. The molecule has 0 aromatic carbocycles. The molecule has 9 heavy (non-hydrogen) atoms. The molecule has 0 heterocycles. The normalized spacial score (nSPS) is 10.9. The Labute approximate surface area is 57.0 Å². The van der Waals surface area contributed by atoms with Gasteiger partial charge in [-0.3, -0.25) is 0 Å². The quantitative estimate of drug-likeness (QED) is 0.517. The fourth-order valence-electron chi connectivity index (χ4n) is 0.365. The van der Waals surface area contributed by atoms with E-state index in [9.17, 15) is 0 Å². The molecule has 0 aromatic heterocycles. The first-order valence-corrected chi connectivity index (χ1v) is 2.89. The van der Waals surface area contributed by atoms with Gasteiger partial charge in [0.25, 0.3) is 0 Å². The van der Waals surface area contributed by atoms with Crippen LogP contribution in [0.1, 0.15) is 0 Å². The van der Waals surface area contributed by atoms with Crippen LogP contribution >= 0.6 is 0 Å². The Kier molecular flexibility index (Phi) is 4.60. The van der Waals surface area contributed by atoms with Crippen LogP contribution in [-0.2, 0) is 0 Å². The second-order valence-corrected chi connectivity index (χ2v) is 1.93. The molecule has 0 amide bonds. The highest BCUT2D eigenvalue weighted by molar-refractivity contribution is 5.08. The predicted octanol–water partition coefficient (Wildman–Crippen LogP) is 1.80. The van der Waals surface area contributed by atoms with E-state index in [1.807, 2.05) is 43.4 Å². The molecular formula is C8H13N. The molecule has 0 bridgehead atoms. The lowest BCUT2D eigenvalue weighted by atomic mass is 10.5. The molecule has 0 rings (SSSR count). The summed E-state index contributed by atoms with van der Waals surface area (Å²) in [6.07, 6.45) is 9.51. The predicted molar refractivity (Wildman–Crippen MR) is 42.2 cm³/mol. The van der Waals surface area contributed by atoms with E-state index in [0.717, 1.165) is 0 Å². The summed E-state index contributed by atoms with van der Waals surface area (Å²) in [7, 11) is 3.97. The maximum Gasteiger partial charge on any atom is 0.00556 e. The van der Waals surface area contributed by atoms with Gasteiger partial charge in [0, 0.05) is 14.1 Å². The van der Waals surface area contributed by atoms with Crippen molar-refractivity contribution < 1.29 is 0 Å². The topological polar surface area (TPSA) is 3.24 Å². The van der Waals surface area contributed by atoms with Gasteiger partial charge in [0.05, 0.1) is 0 Å². The molecule has 0 spiro atoms. The maximum absolute atomic E-state index is 3.54. The van der Waals surface area contributed by atoms with Crippen molar-refractivity contribution in [2.45, 2.75) is 0 Å². The molecule has 0 aliphatic heterocycles. The number of hydrogen-bond donors (Lipinski definition) is 0. The molecule has 0 aromatic rings. The van der Waals surface area contributed by atoms with E-state index in [-0.39, 0.29) is 0 Å². The van der Waals surface area contributed by atoms with Crippen molar-refractivity contribution in [1.82, 2.24) is 4.90 Å². The molecule has 0 radical (unpaired) electrons. The lowest BCUT2D eigenvalue weighted by molar-refractivity contribution is 0.564. The van der Waals surface area contributed by atoms with E-state index < -0.39 is 0 Å². The first-order valence-electron chi connectivity index (χ1n) is 2.89. The van der Waals surface area contributed by atoms with Crippen LogP contribution in [0.15, 0.2) is 37.1 Å². The molecule has 50 valence electrons. The van der Waals surface area contributed by atoms with Gasteiger partial charge in [-0.15, -0.1) is 0 Å². The zero-order valence-electron chi connectivity index (χ0n) is 6.04. The molecule has 1 heteroatoms. The first-order chi connectivity index (χ1) is 4.27. The minimum absolute atomic E-state index is 1.75. The number of hydrogen-bond acceptors (Lipinski definition) is 1.